The molecule has 1 rings (SSSR count). The molecule has 0 fully saturated rings. The Morgan fingerprint density at radius 2 is 1.94 bits per heavy atom. The zero-order valence-corrected chi connectivity index (χ0v) is 10.6. The SMILES string of the molecule is CNCC(=O)NCC(O)c1c(F)cccc1F.Cl. The fourth-order valence-electron chi connectivity index (χ4n) is 1.36. The van der Waals surface area contributed by atoms with Gasteiger partial charge in [-0.25, -0.2) is 8.78 Å². The fourth-order valence-corrected chi connectivity index (χ4v) is 1.36. The van der Waals surface area contributed by atoms with Gasteiger partial charge in [-0.2, -0.15) is 0 Å². The van der Waals surface area contributed by atoms with Crippen molar-refractivity contribution in [2.24, 2.45) is 0 Å². The molecule has 18 heavy (non-hydrogen) atoms. The Morgan fingerprint density at radius 1 is 1.39 bits per heavy atom. The topological polar surface area (TPSA) is 61.4 Å². The van der Waals surface area contributed by atoms with Gasteiger partial charge >= 0.3 is 0 Å². The third kappa shape index (κ3) is 4.56. The van der Waals surface area contributed by atoms with Gasteiger partial charge in [0.25, 0.3) is 0 Å². The lowest BCUT2D eigenvalue weighted by Crippen LogP contribution is -2.35. The summed E-state index contributed by atoms with van der Waals surface area (Å²) in [7, 11) is 1.59. The van der Waals surface area contributed by atoms with Gasteiger partial charge in [0.1, 0.15) is 17.7 Å². The van der Waals surface area contributed by atoms with Crippen molar-refractivity contribution in [2.45, 2.75) is 6.10 Å². The summed E-state index contributed by atoms with van der Waals surface area (Å²) < 4.78 is 26.5. The molecule has 7 heteroatoms. The van der Waals surface area contributed by atoms with Crippen LogP contribution in [-0.2, 0) is 4.79 Å². The van der Waals surface area contributed by atoms with E-state index in [1.165, 1.54) is 6.07 Å². The first-order chi connectivity index (χ1) is 8.06. The van der Waals surface area contributed by atoms with Gasteiger partial charge in [-0.3, -0.25) is 4.79 Å². The molecule has 4 nitrogen and oxygen atoms in total. The molecule has 1 unspecified atom stereocenters. The van der Waals surface area contributed by atoms with Crippen molar-refractivity contribution in [1.82, 2.24) is 10.6 Å². The van der Waals surface area contributed by atoms with Crippen molar-refractivity contribution in [2.75, 3.05) is 20.1 Å². The van der Waals surface area contributed by atoms with Gasteiger partial charge in [-0.1, -0.05) is 6.07 Å². The summed E-state index contributed by atoms with van der Waals surface area (Å²) in [6.45, 7) is -0.162. The van der Waals surface area contributed by atoms with Gasteiger partial charge in [0.05, 0.1) is 12.1 Å². The summed E-state index contributed by atoms with van der Waals surface area (Å²) in [4.78, 5) is 11.1. The Kier molecular flexibility index (Phi) is 7.42. The van der Waals surface area contributed by atoms with Crippen LogP contribution in [0.3, 0.4) is 0 Å². The first-order valence-corrected chi connectivity index (χ1v) is 5.09. The minimum Gasteiger partial charge on any atom is -0.386 e. The van der Waals surface area contributed by atoms with Crippen molar-refractivity contribution in [3.05, 3.63) is 35.4 Å². The quantitative estimate of drug-likeness (QED) is 0.746. The van der Waals surface area contributed by atoms with E-state index >= 15 is 0 Å². The highest BCUT2D eigenvalue weighted by molar-refractivity contribution is 5.85. The fraction of sp³-hybridized carbons (Fsp3) is 0.364. The number of aliphatic hydroxyl groups is 1. The number of carbonyl (C=O) groups excluding carboxylic acids is 1. The molecule has 102 valence electrons. The first-order valence-electron chi connectivity index (χ1n) is 5.09. The maximum atomic E-state index is 13.2. The Balaban J connectivity index is 0.00000289. The van der Waals surface area contributed by atoms with Crippen LogP contribution in [-0.4, -0.2) is 31.2 Å². The van der Waals surface area contributed by atoms with Crippen LogP contribution in [0.25, 0.3) is 0 Å². The number of hydrogen-bond donors (Lipinski definition) is 3. The molecule has 1 aromatic carbocycles. The normalized spacial score (nSPS) is 11.6. The number of benzene rings is 1. The lowest BCUT2D eigenvalue weighted by molar-refractivity contribution is -0.120. The molecule has 0 heterocycles. The highest BCUT2D eigenvalue weighted by Crippen LogP contribution is 2.19. The molecule has 0 radical (unpaired) electrons. The zero-order valence-electron chi connectivity index (χ0n) is 9.74. The molecule has 1 atom stereocenters. The number of aliphatic hydroxyl groups excluding tert-OH is 1. The maximum absolute atomic E-state index is 13.2. The number of rotatable bonds is 5. The Labute approximate surface area is 110 Å². The number of nitrogens with one attached hydrogen (secondary N) is 2. The van der Waals surface area contributed by atoms with E-state index in [9.17, 15) is 18.7 Å². The van der Waals surface area contributed by atoms with E-state index in [4.69, 9.17) is 0 Å². The molecule has 0 saturated carbocycles. The van der Waals surface area contributed by atoms with Crippen LogP contribution >= 0.6 is 12.4 Å². The molecule has 1 aromatic rings. The summed E-state index contributed by atoms with van der Waals surface area (Å²) in [6, 6.07) is 3.31. The second-order valence-electron chi connectivity index (χ2n) is 3.49. The predicted octanol–water partition coefficient (Wildman–Crippen LogP) is 0.756. The van der Waals surface area contributed by atoms with Crippen LogP contribution in [0.15, 0.2) is 18.2 Å². The third-order valence-corrected chi connectivity index (χ3v) is 2.16. The van der Waals surface area contributed by atoms with E-state index in [0.29, 0.717) is 0 Å². The standard InChI is InChI=1S/C11H14F2N2O2.ClH/c1-14-6-10(17)15-5-9(16)11-7(12)3-2-4-8(11)13;/h2-4,9,14,16H,5-6H2,1H3,(H,15,17);1H. The van der Waals surface area contributed by atoms with Gasteiger partial charge in [-0.15, -0.1) is 12.4 Å². The van der Waals surface area contributed by atoms with Crippen LogP contribution in [0.5, 0.6) is 0 Å². The first kappa shape index (κ1) is 16.8. The van der Waals surface area contributed by atoms with Crippen molar-refractivity contribution in [3.63, 3.8) is 0 Å². The average molecular weight is 281 g/mol. The number of hydrogen-bond acceptors (Lipinski definition) is 3. The minimum atomic E-state index is -1.41. The average Bonchev–Trinajstić information content (AvgIpc) is 2.26. The second-order valence-corrected chi connectivity index (χ2v) is 3.49. The van der Waals surface area contributed by atoms with Gasteiger partial charge in [0.2, 0.25) is 5.91 Å². The number of likely N-dealkylation sites (N-methyl/N-ethyl adjacent to an activating group) is 1. The summed E-state index contributed by atoms with van der Waals surface area (Å²) in [5, 5.41) is 14.5. The molecule has 0 aliphatic carbocycles. The Morgan fingerprint density at radius 3 is 2.44 bits per heavy atom. The number of halogens is 3. The van der Waals surface area contributed by atoms with Crippen LogP contribution in [0.4, 0.5) is 8.78 Å². The molecule has 0 aromatic heterocycles. The smallest absolute Gasteiger partial charge is 0.234 e. The molecule has 0 spiro atoms. The molecule has 0 aliphatic heterocycles. The monoisotopic (exact) mass is 280 g/mol. The number of carbonyl (C=O) groups is 1. The lowest BCUT2D eigenvalue weighted by Gasteiger charge is -2.13. The third-order valence-electron chi connectivity index (χ3n) is 2.16. The largest absolute Gasteiger partial charge is 0.386 e. The summed E-state index contributed by atoms with van der Waals surface area (Å²) in [5.41, 5.74) is -0.433. The van der Waals surface area contributed by atoms with E-state index in [0.717, 1.165) is 12.1 Å². The van der Waals surface area contributed by atoms with Crippen molar-refractivity contribution in [1.29, 1.82) is 0 Å². The van der Waals surface area contributed by atoms with Gasteiger partial charge in [-0.05, 0) is 19.2 Å². The number of amides is 1. The summed E-state index contributed by atoms with van der Waals surface area (Å²) in [6.07, 6.45) is -1.41. The Bertz CT molecular complexity index is 384. The minimum absolute atomic E-state index is 0. The van der Waals surface area contributed by atoms with Gasteiger partial charge in [0, 0.05) is 6.54 Å². The maximum Gasteiger partial charge on any atom is 0.234 e. The highest BCUT2D eigenvalue weighted by atomic mass is 35.5. The van der Waals surface area contributed by atoms with Crippen LogP contribution in [0.2, 0.25) is 0 Å². The molecule has 3 N–H and O–H groups in total. The summed E-state index contributed by atoms with van der Waals surface area (Å²) in [5.74, 6) is -2.02. The van der Waals surface area contributed by atoms with Crippen LogP contribution in [0, 0.1) is 11.6 Å². The van der Waals surface area contributed by atoms with Gasteiger partial charge < -0.3 is 15.7 Å². The molecule has 0 aliphatic rings. The van der Waals surface area contributed by atoms with E-state index in [-0.39, 0.29) is 31.4 Å². The lowest BCUT2D eigenvalue weighted by atomic mass is 10.1. The Hall–Kier alpha value is -1.24. The van der Waals surface area contributed by atoms with Crippen molar-refractivity contribution >= 4 is 18.3 Å². The predicted molar refractivity (Wildman–Crippen MR) is 65.5 cm³/mol. The van der Waals surface area contributed by atoms with E-state index in [2.05, 4.69) is 10.6 Å². The van der Waals surface area contributed by atoms with Crippen LogP contribution in [0.1, 0.15) is 11.7 Å². The zero-order chi connectivity index (χ0) is 12.8. The second kappa shape index (κ2) is 7.97. The van der Waals surface area contributed by atoms with E-state index < -0.39 is 23.3 Å². The van der Waals surface area contributed by atoms with E-state index in [1.54, 1.807) is 7.05 Å². The van der Waals surface area contributed by atoms with Crippen LogP contribution < -0.4 is 10.6 Å². The van der Waals surface area contributed by atoms with Crippen molar-refractivity contribution in [3.8, 4) is 0 Å². The van der Waals surface area contributed by atoms with Gasteiger partial charge in [0.15, 0.2) is 0 Å². The summed E-state index contributed by atoms with van der Waals surface area (Å²) >= 11 is 0. The molecular formula is C11H15ClF2N2O2. The highest BCUT2D eigenvalue weighted by Gasteiger charge is 2.17. The molecule has 0 saturated heterocycles. The van der Waals surface area contributed by atoms with Crippen molar-refractivity contribution < 1.29 is 18.7 Å². The molecule has 0 bridgehead atoms. The van der Waals surface area contributed by atoms with E-state index in [1.807, 2.05) is 0 Å². The molecular weight excluding hydrogens is 266 g/mol. The molecule has 1 amide bonds.